The second-order valence-corrected chi connectivity index (χ2v) is 6.41. The molecule has 1 nitrogen and oxygen atoms in total. The van der Waals surface area contributed by atoms with Gasteiger partial charge in [0.25, 0.3) is 0 Å². The number of hydrogen-bond acceptors (Lipinski definition) is 3. The molecule has 0 aromatic heterocycles. The maximum atomic E-state index is 11.4. The van der Waals surface area contributed by atoms with Crippen LogP contribution < -0.4 is 0 Å². The molecule has 0 heterocycles. The van der Waals surface area contributed by atoms with E-state index in [9.17, 15) is 4.79 Å². The van der Waals surface area contributed by atoms with E-state index in [4.69, 9.17) is 0 Å². The van der Waals surface area contributed by atoms with Crippen molar-refractivity contribution < 1.29 is 4.79 Å². The Labute approximate surface area is 102 Å². The SMILES string of the molecule is C=CC(C)(C)C(C=C(C)C)SC(=O)SC. The summed E-state index contributed by atoms with van der Waals surface area (Å²) in [6.45, 7) is 12.1. The first-order valence-electron chi connectivity index (χ1n) is 4.86. The Morgan fingerprint density at radius 2 is 1.93 bits per heavy atom. The summed E-state index contributed by atoms with van der Waals surface area (Å²) in [7, 11) is 0. The van der Waals surface area contributed by atoms with Crippen LogP contribution in [-0.4, -0.2) is 16.0 Å². The second kappa shape index (κ2) is 6.44. The van der Waals surface area contributed by atoms with Crippen LogP contribution in [0.5, 0.6) is 0 Å². The van der Waals surface area contributed by atoms with E-state index in [-0.39, 0.29) is 15.1 Å². The molecule has 0 saturated carbocycles. The molecule has 1 atom stereocenters. The van der Waals surface area contributed by atoms with Gasteiger partial charge in [-0.15, -0.1) is 6.58 Å². The number of carbonyl (C=O) groups is 1. The van der Waals surface area contributed by atoms with Crippen LogP contribution in [0.4, 0.5) is 4.79 Å². The van der Waals surface area contributed by atoms with Crippen LogP contribution in [0, 0.1) is 5.41 Å². The van der Waals surface area contributed by atoms with Gasteiger partial charge in [-0.3, -0.25) is 4.79 Å². The largest absolute Gasteiger partial charge is 0.274 e. The lowest BCUT2D eigenvalue weighted by Crippen LogP contribution is -2.23. The fourth-order valence-electron chi connectivity index (χ4n) is 0.971. The molecule has 0 radical (unpaired) electrons. The van der Waals surface area contributed by atoms with Crippen molar-refractivity contribution in [3.05, 3.63) is 24.3 Å². The quantitative estimate of drug-likeness (QED) is 0.664. The van der Waals surface area contributed by atoms with Gasteiger partial charge in [-0.1, -0.05) is 55.1 Å². The monoisotopic (exact) mass is 244 g/mol. The summed E-state index contributed by atoms with van der Waals surface area (Å²) in [5.41, 5.74) is 1.17. The summed E-state index contributed by atoms with van der Waals surface area (Å²) in [5, 5.41) is 0.167. The molecule has 0 N–H and O–H groups in total. The van der Waals surface area contributed by atoms with E-state index in [0.29, 0.717) is 0 Å². The number of thioether (sulfide) groups is 2. The van der Waals surface area contributed by atoms with E-state index in [0.717, 1.165) is 0 Å². The Balaban J connectivity index is 4.82. The molecule has 0 spiro atoms. The van der Waals surface area contributed by atoms with E-state index in [1.807, 2.05) is 12.3 Å². The van der Waals surface area contributed by atoms with Crippen molar-refractivity contribution in [2.75, 3.05) is 6.26 Å². The van der Waals surface area contributed by atoms with Crippen LogP contribution in [0.1, 0.15) is 27.7 Å². The smallest absolute Gasteiger partial charge is 0.246 e. The Hall–Kier alpha value is -0.150. The van der Waals surface area contributed by atoms with Crippen LogP contribution >= 0.6 is 23.5 Å². The summed E-state index contributed by atoms with van der Waals surface area (Å²) in [6.07, 6.45) is 5.87. The van der Waals surface area contributed by atoms with Gasteiger partial charge in [0, 0.05) is 5.25 Å². The summed E-state index contributed by atoms with van der Waals surface area (Å²) >= 11 is 2.65. The van der Waals surface area contributed by atoms with Crippen LogP contribution in [0.15, 0.2) is 24.3 Å². The lowest BCUT2D eigenvalue weighted by molar-refractivity contribution is 0.276. The molecule has 0 rings (SSSR count). The zero-order valence-corrected chi connectivity index (χ0v) is 11.8. The summed E-state index contributed by atoms with van der Waals surface area (Å²) in [5.74, 6) is 0. The Bertz CT molecular complexity index is 263. The molecule has 15 heavy (non-hydrogen) atoms. The van der Waals surface area contributed by atoms with Gasteiger partial charge in [0.2, 0.25) is 4.45 Å². The molecule has 3 heteroatoms. The van der Waals surface area contributed by atoms with E-state index < -0.39 is 0 Å². The zero-order valence-electron chi connectivity index (χ0n) is 10.2. The lowest BCUT2D eigenvalue weighted by Gasteiger charge is -2.28. The van der Waals surface area contributed by atoms with Gasteiger partial charge < -0.3 is 0 Å². The van der Waals surface area contributed by atoms with E-state index in [1.54, 1.807) is 0 Å². The summed E-state index contributed by atoms with van der Waals surface area (Å²) in [4.78, 5) is 11.4. The minimum Gasteiger partial charge on any atom is -0.274 e. The van der Waals surface area contributed by atoms with Crippen molar-refractivity contribution in [3.8, 4) is 0 Å². The molecule has 1 unspecified atom stereocenters. The van der Waals surface area contributed by atoms with Gasteiger partial charge >= 0.3 is 0 Å². The molecule has 0 amide bonds. The highest BCUT2D eigenvalue weighted by atomic mass is 32.2. The standard InChI is InChI=1S/C12H20OS2/c1-7-12(4,5)10(8-9(2)3)15-11(13)14-6/h7-8,10H,1H2,2-6H3. The maximum absolute atomic E-state index is 11.4. The highest BCUT2D eigenvalue weighted by Gasteiger charge is 2.27. The van der Waals surface area contributed by atoms with Crippen molar-refractivity contribution in [3.63, 3.8) is 0 Å². The third-order valence-electron chi connectivity index (χ3n) is 2.13. The van der Waals surface area contributed by atoms with Gasteiger partial charge in [-0.25, -0.2) is 0 Å². The number of carbonyl (C=O) groups excluding carboxylic acids is 1. The fourth-order valence-corrected chi connectivity index (χ4v) is 2.61. The van der Waals surface area contributed by atoms with Crippen molar-refractivity contribution in [1.29, 1.82) is 0 Å². The van der Waals surface area contributed by atoms with Gasteiger partial charge in [-0.2, -0.15) is 0 Å². The number of allylic oxidation sites excluding steroid dienone is 2. The average Bonchev–Trinajstić information content (AvgIpc) is 2.15. The number of rotatable bonds is 4. The normalized spacial score (nSPS) is 13.1. The molecule has 0 saturated heterocycles. The fraction of sp³-hybridized carbons (Fsp3) is 0.583. The molecule has 0 aromatic carbocycles. The van der Waals surface area contributed by atoms with E-state index in [1.165, 1.54) is 29.1 Å². The van der Waals surface area contributed by atoms with E-state index >= 15 is 0 Å². The van der Waals surface area contributed by atoms with Crippen LogP contribution in [-0.2, 0) is 0 Å². The van der Waals surface area contributed by atoms with Gasteiger partial charge in [0.1, 0.15) is 0 Å². The van der Waals surface area contributed by atoms with Crippen molar-refractivity contribution >= 4 is 28.0 Å². The summed E-state index contributed by atoms with van der Waals surface area (Å²) in [6, 6.07) is 0. The predicted molar refractivity (Wildman–Crippen MR) is 73.7 cm³/mol. The first-order chi connectivity index (χ1) is 6.83. The van der Waals surface area contributed by atoms with Crippen molar-refractivity contribution in [2.24, 2.45) is 5.41 Å². The first kappa shape index (κ1) is 14.8. The third kappa shape index (κ3) is 5.47. The van der Waals surface area contributed by atoms with E-state index in [2.05, 4.69) is 40.3 Å². The molecular formula is C12H20OS2. The third-order valence-corrected chi connectivity index (χ3v) is 4.45. The predicted octanol–water partition coefficient (Wildman–Crippen LogP) is 4.75. The van der Waals surface area contributed by atoms with Crippen LogP contribution in [0.25, 0.3) is 0 Å². The molecule has 0 aliphatic heterocycles. The molecular weight excluding hydrogens is 224 g/mol. The molecule has 0 aliphatic rings. The highest BCUT2D eigenvalue weighted by Crippen LogP contribution is 2.36. The van der Waals surface area contributed by atoms with Crippen LogP contribution in [0.2, 0.25) is 0 Å². The maximum Gasteiger partial charge on any atom is 0.246 e. The zero-order chi connectivity index (χ0) is 12.1. The molecule has 0 bridgehead atoms. The first-order valence-corrected chi connectivity index (χ1v) is 6.97. The Morgan fingerprint density at radius 3 is 2.27 bits per heavy atom. The van der Waals surface area contributed by atoms with Gasteiger partial charge in [0.05, 0.1) is 0 Å². The highest BCUT2D eigenvalue weighted by molar-refractivity contribution is 8.38. The molecule has 0 aliphatic carbocycles. The van der Waals surface area contributed by atoms with Crippen LogP contribution in [0.3, 0.4) is 0 Å². The second-order valence-electron chi connectivity index (χ2n) is 4.26. The average molecular weight is 244 g/mol. The summed E-state index contributed by atoms with van der Waals surface area (Å²) < 4.78 is 0.160. The minimum atomic E-state index is -0.0622. The van der Waals surface area contributed by atoms with Gasteiger partial charge in [-0.05, 0) is 25.5 Å². The number of hydrogen-bond donors (Lipinski definition) is 0. The van der Waals surface area contributed by atoms with Crippen molar-refractivity contribution in [1.82, 2.24) is 0 Å². The van der Waals surface area contributed by atoms with Crippen molar-refractivity contribution in [2.45, 2.75) is 32.9 Å². The Morgan fingerprint density at radius 1 is 1.40 bits per heavy atom. The lowest BCUT2D eigenvalue weighted by atomic mass is 9.88. The van der Waals surface area contributed by atoms with Gasteiger partial charge in [0.15, 0.2) is 0 Å². The molecule has 86 valence electrons. The topological polar surface area (TPSA) is 17.1 Å². The molecule has 0 aromatic rings. The minimum absolute atomic E-state index is 0.0622. The molecule has 0 fully saturated rings. The Kier molecular flexibility index (Phi) is 6.37.